The Morgan fingerprint density at radius 1 is 1.17 bits per heavy atom. The minimum absolute atomic E-state index is 0.397. The van der Waals surface area contributed by atoms with Crippen molar-refractivity contribution in [2.24, 2.45) is 5.41 Å². The highest BCUT2D eigenvalue weighted by Crippen LogP contribution is 2.35. The van der Waals surface area contributed by atoms with E-state index >= 15 is 0 Å². The summed E-state index contributed by atoms with van der Waals surface area (Å²) in [7, 11) is 0. The van der Waals surface area contributed by atoms with Crippen molar-refractivity contribution in [3.63, 3.8) is 0 Å². The largest absolute Gasteiger partial charge is 0.0620 e. The Morgan fingerprint density at radius 3 is 2.75 bits per heavy atom. The summed E-state index contributed by atoms with van der Waals surface area (Å²) in [4.78, 5) is 0. The highest BCUT2D eigenvalue weighted by atomic mass is 14.3. The van der Waals surface area contributed by atoms with E-state index in [-0.39, 0.29) is 0 Å². The maximum atomic E-state index is 2.39. The van der Waals surface area contributed by atoms with Crippen LogP contribution in [0, 0.1) is 11.8 Å². The fourth-order valence-electron chi connectivity index (χ4n) is 1.85. The van der Waals surface area contributed by atoms with Crippen molar-refractivity contribution in [3.05, 3.63) is 41.8 Å². The maximum absolute atomic E-state index is 2.39. The lowest BCUT2D eigenvalue weighted by atomic mass is 9.74. The molecular formula is C12H15. The Balaban J connectivity index is 2.35. The molecular weight excluding hydrogens is 144 g/mol. The van der Waals surface area contributed by atoms with Gasteiger partial charge in [-0.05, 0) is 35.8 Å². The van der Waals surface area contributed by atoms with Crippen molar-refractivity contribution < 1.29 is 0 Å². The average molecular weight is 159 g/mol. The van der Waals surface area contributed by atoms with Gasteiger partial charge in [0.1, 0.15) is 0 Å². The Hall–Kier alpha value is -0.780. The molecule has 0 nitrogen and oxygen atoms in total. The summed E-state index contributed by atoms with van der Waals surface area (Å²) in [6, 6.07) is 8.71. The quantitative estimate of drug-likeness (QED) is 0.545. The zero-order chi connectivity index (χ0) is 8.60. The molecule has 0 aromatic heterocycles. The molecule has 2 rings (SSSR count). The molecule has 0 atom stereocenters. The van der Waals surface area contributed by atoms with Crippen LogP contribution in [-0.4, -0.2) is 0 Å². The third kappa shape index (κ3) is 1.38. The third-order valence-corrected chi connectivity index (χ3v) is 2.64. The van der Waals surface area contributed by atoms with Crippen LogP contribution >= 0.6 is 0 Å². The molecule has 1 aliphatic carbocycles. The Bertz CT molecular complexity index is 284. The normalized spacial score (nSPS) is 20.2. The highest BCUT2D eigenvalue weighted by Gasteiger charge is 2.24. The van der Waals surface area contributed by atoms with E-state index in [4.69, 9.17) is 0 Å². The van der Waals surface area contributed by atoms with Crippen molar-refractivity contribution in [3.8, 4) is 0 Å². The summed E-state index contributed by atoms with van der Waals surface area (Å²) in [6.07, 6.45) is 4.91. The molecule has 0 N–H and O–H groups in total. The summed E-state index contributed by atoms with van der Waals surface area (Å²) < 4.78 is 0. The molecule has 12 heavy (non-hydrogen) atoms. The van der Waals surface area contributed by atoms with Crippen LogP contribution in [0.1, 0.15) is 31.4 Å². The first-order valence-electron chi connectivity index (χ1n) is 4.61. The van der Waals surface area contributed by atoms with Crippen LogP contribution < -0.4 is 0 Å². The second-order valence-corrected chi connectivity index (χ2v) is 4.33. The van der Waals surface area contributed by atoms with Gasteiger partial charge in [-0.3, -0.25) is 0 Å². The molecule has 0 bridgehead atoms. The van der Waals surface area contributed by atoms with Gasteiger partial charge in [0.15, 0.2) is 0 Å². The number of aryl methyl sites for hydroxylation is 1. The van der Waals surface area contributed by atoms with Crippen LogP contribution in [0.2, 0.25) is 0 Å². The summed E-state index contributed by atoms with van der Waals surface area (Å²) >= 11 is 0. The summed E-state index contributed by atoms with van der Waals surface area (Å²) in [5.41, 5.74) is 3.35. The Morgan fingerprint density at radius 2 is 1.92 bits per heavy atom. The minimum Gasteiger partial charge on any atom is -0.0620 e. The van der Waals surface area contributed by atoms with Crippen molar-refractivity contribution in [2.45, 2.75) is 26.7 Å². The van der Waals surface area contributed by atoms with Crippen molar-refractivity contribution in [1.29, 1.82) is 0 Å². The van der Waals surface area contributed by atoms with Crippen molar-refractivity contribution in [1.82, 2.24) is 0 Å². The smallest absolute Gasteiger partial charge is 0.00337 e. The van der Waals surface area contributed by atoms with E-state index in [0.717, 1.165) is 0 Å². The van der Waals surface area contributed by atoms with Gasteiger partial charge in [-0.15, -0.1) is 0 Å². The van der Waals surface area contributed by atoms with Crippen LogP contribution in [0.25, 0.3) is 0 Å². The van der Waals surface area contributed by atoms with Gasteiger partial charge in [0.25, 0.3) is 0 Å². The first kappa shape index (κ1) is 7.85. The second-order valence-electron chi connectivity index (χ2n) is 4.33. The topological polar surface area (TPSA) is 0 Å². The van der Waals surface area contributed by atoms with E-state index in [9.17, 15) is 0 Å². The molecule has 0 heterocycles. The predicted octanol–water partition coefficient (Wildman–Crippen LogP) is 3.21. The predicted molar refractivity (Wildman–Crippen MR) is 51.9 cm³/mol. The van der Waals surface area contributed by atoms with Gasteiger partial charge in [-0.1, -0.05) is 38.1 Å². The fraction of sp³-hybridized carbons (Fsp3) is 0.417. The monoisotopic (exact) mass is 159 g/mol. The van der Waals surface area contributed by atoms with Gasteiger partial charge in [-0.25, -0.2) is 0 Å². The molecule has 1 aromatic carbocycles. The molecule has 1 aliphatic rings. The zero-order valence-electron chi connectivity index (χ0n) is 7.80. The number of rotatable bonds is 0. The van der Waals surface area contributed by atoms with E-state index < -0.39 is 0 Å². The molecule has 0 unspecified atom stereocenters. The lowest BCUT2D eigenvalue weighted by Crippen LogP contribution is -2.19. The number of fused-ring (bicyclic) bond motifs is 1. The van der Waals surface area contributed by atoms with Crippen LogP contribution in [0.4, 0.5) is 0 Å². The highest BCUT2D eigenvalue weighted by molar-refractivity contribution is 5.37. The molecule has 0 spiro atoms. The first-order valence-corrected chi connectivity index (χ1v) is 4.61. The lowest BCUT2D eigenvalue weighted by molar-refractivity contribution is 0.393. The number of hydrogen-bond acceptors (Lipinski definition) is 0. The van der Waals surface area contributed by atoms with Gasteiger partial charge in [0.05, 0.1) is 0 Å². The molecule has 0 amide bonds. The van der Waals surface area contributed by atoms with Crippen LogP contribution in [-0.2, 0) is 6.42 Å². The van der Waals surface area contributed by atoms with Crippen LogP contribution in [0.3, 0.4) is 0 Å². The van der Waals surface area contributed by atoms with E-state index in [1.807, 2.05) is 0 Å². The van der Waals surface area contributed by atoms with Crippen LogP contribution in [0.5, 0.6) is 0 Å². The van der Waals surface area contributed by atoms with Crippen molar-refractivity contribution >= 4 is 0 Å². The molecule has 0 saturated carbocycles. The van der Waals surface area contributed by atoms with E-state index in [0.29, 0.717) is 5.41 Å². The van der Waals surface area contributed by atoms with Gasteiger partial charge in [-0.2, -0.15) is 0 Å². The minimum atomic E-state index is 0.397. The second kappa shape index (κ2) is 2.62. The summed E-state index contributed by atoms with van der Waals surface area (Å²) in [5.74, 6) is 0. The molecule has 0 aliphatic heterocycles. The summed E-state index contributed by atoms with van der Waals surface area (Å²) in [6.45, 7) is 4.62. The average Bonchev–Trinajstić information content (AvgIpc) is 2.02. The van der Waals surface area contributed by atoms with E-state index in [2.05, 4.69) is 44.5 Å². The zero-order valence-corrected chi connectivity index (χ0v) is 7.80. The number of hydrogen-bond donors (Lipinski definition) is 0. The van der Waals surface area contributed by atoms with Gasteiger partial charge in [0.2, 0.25) is 0 Å². The molecule has 0 fully saturated rings. The van der Waals surface area contributed by atoms with E-state index in [1.165, 1.54) is 24.0 Å². The maximum Gasteiger partial charge on any atom is -0.00337 e. The summed E-state index contributed by atoms with van der Waals surface area (Å²) in [5, 5.41) is 0. The van der Waals surface area contributed by atoms with E-state index in [1.54, 1.807) is 0 Å². The van der Waals surface area contributed by atoms with Gasteiger partial charge < -0.3 is 0 Å². The molecule has 1 radical (unpaired) electrons. The molecule has 1 aromatic rings. The molecule has 0 saturated heterocycles. The van der Waals surface area contributed by atoms with Gasteiger partial charge in [0, 0.05) is 0 Å². The van der Waals surface area contributed by atoms with Crippen LogP contribution in [0.15, 0.2) is 24.3 Å². The SMILES string of the molecule is CC1(C)[CH]c2ccccc2CC1. The fourth-order valence-corrected chi connectivity index (χ4v) is 1.85. The lowest BCUT2D eigenvalue weighted by Gasteiger charge is -2.30. The van der Waals surface area contributed by atoms with Crippen molar-refractivity contribution in [2.75, 3.05) is 0 Å². The number of benzene rings is 1. The standard InChI is InChI=1S/C12H15/c1-12(2)8-7-10-5-3-4-6-11(10)9-12/h3-6,9H,7-8H2,1-2H3. The molecule has 63 valence electrons. The van der Waals surface area contributed by atoms with Gasteiger partial charge >= 0.3 is 0 Å². The Kier molecular flexibility index (Phi) is 1.71. The third-order valence-electron chi connectivity index (χ3n) is 2.64. The first-order chi connectivity index (χ1) is 5.67. The Labute approximate surface area is 74.6 Å². The molecule has 0 heteroatoms.